The number of amides is 2. The molecule has 2 amide bonds. The molecule has 0 radical (unpaired) electrons. The van der Waals surface area contributed by atoms with Crippen LogP contribution in [-0.4, -0.2) is 41.7 Å². The number of benzene rings is 1. The lowest BCUT2D eigenvalue weighted by molar-refractivity contribution is 0.0724. The van der Waals surface area contributed by atoms with Crippen LogP contribution in [0, 0.1) is 5.82 Å². The number of urea groups is 1. The van der Waals surface area contributed by atoms with Crippen molar-refractivity contribution in [1.82, 2.24) is 15.2 Å². The van der Waals surface area contributed by atoms with E-state index in [2.05, 4.69) is 10.3 Å². The SMILES string of the molecule is CO[C@@H]1CCN(C(=O)NCc2cccc(F)c2)[C@@H]1Cc1ccncc1. The van der Waals surface area contributed by atoms with Crippen molar-refractivity contribution in [3.05, 3.63) is 65.7 Å². The van der Waals surface area contributed by atoms with Crippen molar-refractivity contribution in [2.75, 3.05) is 13.7 Å². The van der Waals surface area contributed by atoms with Crippen LogP contribution in [0.5, 0.6) is 0 Å². The van der Waals surface area contributed by atoms with Crippen LogP contribution >= 0.6 is 0 Å². The maximum Gasteiger partial charge on any atom is 0.318 e. The fourth-order valence-electron chi connectivity index (χ4n) is 3.28. The monoisotopic (exact) mass is 343 g/mol. The number of ether oxygens (including phenoxy) is 1. The van der Waals surface area contributed by atoms with Gasteiger partial charge in [0.05, 0.1) is 12.1 Å². The molecule has 2 atom stereocenters. The molecule has 0 saturated carbocycles. The fraction of sp³-hybridized carbons (Fsp3) is 0.368. The van der Waals surface area contributed by atoms with Crippen LogP contribution in [0.2, 0.25) is 0 Å². The van der Waals surface area contributed by atoms with Crippen molar-refractivity contribution in [3.63, 3.8) is 0 Å². The topological polar surface area (TPSA) is 54.5 Å². The van der Waals surface area contributed by atoms with Crippen LogP contribution in [0.25, 0.3) is 0 Å². The maximum atomic E-state index is 13.2. The van der Waals surface area contributed by atoms with Crippen LogP contribution in [0.3, 0.4) is 0 Å². The number of aromatic nitrogens is 1. The third-order valence-electron chi connectivity index (χ3n) is 4.57. The molecule has 1 N–H and O–H groups in total. The molecule has 1 saturated heterocycles. The molecule has 0 unspecified atom stereocenters. The van der Waals surface area contributed by atoms with E-state index in [1.54, 1.807) is 31.6 Å². The Labute approximate surface area is 146 Å². The second-order valence-corrected chi connectivity index (χ2v) is 6.17. The average molecular weight is 343 g/mol. The van der Waals surface area contributed by atoms with Crippen molar-refractivity contribution >= 4 is 6.03 Å². The predicted molar refractivity (Wildman–Crippen MR) is 92.5 cm³/mol. The normalized spacial score (nSPS) is 19.8. The number of methoxy groups -OCH3 is 1. The van der Waals surface area contributed by atoms with E-state index in [1.807, 2.05) is 17.0 Å². The molecule has 0 bridgehead atoms. The number of nitrogens with one attached hydrogen (secondary N) is 1. The van der Waals surface area contributed by atoms with Crippen molar-refractivity contribution < 1.29 is 13.9 Å². The number of rotatable bonds is 5. The highest BCUT2D eigenvalue weighted by molar-refractivity contribution is 5.75. The van der Waals surface area contributed by atoms with Gasteiger partial charge in [-0.2, -0.15) is 0 Å². The van der Waals surface area contributed by atoms with Gasteiger partial charge in [-0.05, 0) is 48.2 Å². The van der Waals surface area contributed by atoms with E-state index in [1.165, 1.54) is 12.1 Å². The van der Waals surface area contributed by atoms with E-state index in [4.69, 9.17) is 4.74 Å². The summed E-state index contributed by atoms with van der Waals surface area (Å²) in [4.78, 5) is 18.5. The second kappa shape index (κ2) is 8.07. The number of hydrogen-bond acceptors (Lipinski definition) is 3. The van der Waals surface area contributed by atoms with Gasteiger partial charge in [-0.25, -0.2) is 9.18 Å². The van der Waals surface area contributed by atoms with E-state index < -0.39 is 0 Å². The molecule has 2 heterocycles. The second-order valence-electron chi connectivity index (χ2n) is 6.17. The lowest BCUT2D eigenvalue weighted by Gasteiger charge is -2.28. The van der Waals surface area contributed by atoms with Gasteiger partial charge in [0.15, 0.2) is 0 Å². The molecule has 1 aliphatic heterocycles. The van der Waals surface area contributed by atoms with Gasteiger partial charge in [0.25, 0.3) is 0 Å². The highest BCUT2D eigenvalue weighted by Crippen LogP contribution is 2.24. The molecule has 3 rings (SSSR count). The summed E-state index contributed by atoms with van der Waals surface area (Å²) < 4.78 is 18.8. The van der Waals surface area contributed by atoms with E-state index in [-0.39, 0.29) is 24.0 Å². The van der Waals surface area contributed by atoms with E-state index in [9.17, 15) is 9.18 Å². The van der Waals surface area contributed by atoms with Crippen LogP contribution in [0.1, 0.15) is 17.5 Å². The Morgan fingerprint density at radius 3 is 2.84 bits per heavy atom. The summed E-state index contributed by atoms with van der Waals surface area (Å²) in [5.41, 5.74) is 1.86. The lowest BCUT2D eigenvalue weighted by atomic mass is 10.0. The summed E-state index contributed by atoms with van der Waals surface area (Å²) in [5.74, 6) is -0.303. The molecule has 1 aromatic carbocycles. The van der Waals surface area contributed by atoms with E-state index in [0.717, 1.165) is 17.5 Å². The van der Waals surface area contributed by atoms with Gasteiger partial charge in [0.2, 0.25) is 0 Å². The molecule has 0 spiro atoms. The van der Waals surface area contributed by atoms with Gasteiger partial charge in [0.1, 0.15) is 5.82 Å². The Balaban J connectivity index is 1.65. The summed E-state index contributed by atoms with van der Waals surface area (Å²) in [6, 6.07) is 9.97. The minimum absolute atomic E-state index is 0.00749. The van der Waals surface area contributed by atoms with E-state index >= 15 is 0 Å². The molecule has 132 valence electrons. The number of hydrogen-bond donors (Lipinski definition) is 1. The molecular formula is C19H22FN3O2. The summed E-state index contributed by atoms with van der Waals surface area (Å²) in [7, 11) is 1.68. The van der Waals surface area contributed by atoms with Gasteiger partial charge in [-0.3, -0.25) is 4.98 Å². The Morgan fingerprint density at radius 1 is 1.32 bits per heavy atom. The minimum Gasteiger partial charge on any atom is -0.379 e. The third-order valence-corrected chi connectivity index (χ3v) is 4.57. The van der Waals surface area contributed by atoms with Crippen LogP contribution in [-0.2, 0) is 17.7 Å². The number of halogens is 1. The molecule has 1 aliphatic rings. The fourth-order valence-corrected chi connectivity index (χ4v) is 3.28. The Bertz CT molecular complexity index is 711. The zero-order chi connectivity index (χ0) is 17.6. The van der Waals surface area contributed by atoms with Crippen LogP contribution in [0.4, 0.5) is 9.18 Å². The molecular weight excluding hydrogens is 321 g/mol. The average Bonchev–Trinajstić information content (AvgIpc) is 3.03. The minimum atomic E-state index is -0.303. The first-order chi connectivity index (χ1) is 12.2. The van der Waals surface area contributed by atoms with Crippen molar-refractivity contribution in [2.45, 2.75) is 31.5 Å². The maximum absolute atomic E-state index is 13.2. The summed E-state index contributed by atoms with van der Waals surface area (Å²) in [6.45, 7) is 0.940. The first-order valence-electron chi connectivity index (χ1n) is 8.38. The Morgan fingerprint density at radius 2 is 2.12 bits per heavy atom. The smallest absolute Gasteiger partial charge is 0.318 e. The molecule has 0 aliphatic carbocycles. The summed E-state index contributed by atoms with van der Waals surface area (Å²) >= 11 is 0. The number of carbonyl (C=O) groups is 1. The third kappa shape index (κ3) is 4.33. The lowest BCUT2D eigenvalue weighted by Crippen LogP contribution is -2.46. The van der Waals surface area contributed by atoms with Gasteiger partial charge < -0.3 is 15.0 Å². The standard InChI is InChI=1S/C19H22FN3O2/c1-25-18-7-10-23(17(18)12-14-5-8-21-9-6-14)19(24)22-13-15-3-2-4-16(20)11-15/h2-6,8-9,11,17-18H,7,10,12-13H2,1H3,(H,22,24)/t17-,18-/m1/s1. The van der Waals surface area contributed by atoms with Crippen LogP contribution in [0.15, 0.2) is 48.8 Å². The van der Waals surface area contributed by atoms with Crippen molar-refractivity contribution in [3.8, 4) is 0 Å². The van der Waals surface area contributed by atoms with E-state index in [0.29, 0.717) is 19.5 Å². The number of pyridine rings is 1. The molecule has 1 fully saturated rings. The Kier molecular flexibility index (Phi) is 5.60. The predicted octanol–water partition coefficient (Wildman–Crippen LogP) is 2.76. The quantitative estimate of drug-likeness (QED) is 0.908. The number of carbonyl (C=O) groups excluding carboxylic acids is 1. The zero-order valence-corrected chi connectivity index (χ0v) is 14.2. The molecule has 25 heavy (non-hydrogen) atoms. The first-order valence-corrected chi connectivity index (χ1v) is 8.38. The van der Waals surface area contributed by atoms with Gasteiger partial charge in [-0.1, -0.05) is 12.1 Å². The first kappa shape index (κ1) is 17.4. The van der Waals surface area contributed by atoms with Crippen molar-refractivity contribution in [2.24, 2.45) is 0 Å². The van der Waals surface area contributed by atoms with Gasteiger partial charge in [0, 0.05) is 32.6 Å². The largest absolute Gasteiger partial charge is 0.379 e. The Hall–Kier alpha value is -2.47. The molecule has 5 nitrogen and oxygen atoms in total. The molecule has 2 aromatic rings. The summed E-state index contributed by atoms with van der Waals surface area (Å²) in [5, 5.41) is 2.88. The number of likely N-dealkylation sites (tertiary alicyclic amines) is 1. The highest BCUT2D eigenvalue weighted by Gasteiger charge is 2.37. The molecule has 1 aromatic heterocycles. The van der Waals surface area contributed by atoms with Gasteiger partial charge >= 0.3 is 6.03 Å². The summed E-state index contributed by atoms with van der Waals surface area (Å²) in [6.07, 6.45) is 5.03. The van der Waals surface area contributed by atoms with Gasteiger partial charge in [-0.15, -0.1) is 0 Å². The molecule has 6 heteroatoms. The van der Waals surface area contributed by atoms with Crippen LogP contribution < -0.4 is 5.32 Å². The number of nitrogens with zero attached hydrogens (tertiary/aromatic N) is 2. The highest BCUT2D eigenvalue weighted by atomic mass is 19.1. The van der Waals surface area contributed by atoms with Crippen molar-refractivity contribution in [1.29, 1.82) is 0 Å². The zero-order valence-electron chi connectivity index (χ0n) is 14.2.